The van der Waals surface area contributed by atoms with E-state index in [4.69, 9.17) is 11.6 Å². The first-order valence-electron chi connectivity index (χ1n) is 5.61. The van der Waals surface area contributed by atoms with E-state index in [2.05, 4.69) is 5.32 Å². The molecule has 0 bridgehead atoms. The Morgan fingerprint density at radius 2 is 1.95 bits per heavy atom. The van der Waals surface area contributed by atoms with Gasteiger partial charge in [-0.2, -0.15) is 4.31 Å². The molecule has 4 nitrogen and oxygen atoms in total. The van der Waals surface area contributed by atoms with Crippen molar-refractivity contribution in [2.24, 2.45) is 0 Å². The van der Waals surface area contributed by atoms with Crippen LogP contribution in [-0.4, -0.2) is 38.9 Å². The van der Waals surface area contributed by atoms with E-state index in [1.807, 2.05) is 0 Å². The zero-order valence-corrected chi connectivity index (χ0v) is 12.5. The summed E-state index contributed by atoms with van der Waals surface area (Å²) >= 11 is 5.64. The van der Waals surface area contributed by atoms with E-state index in [9.17, 15) is 12.8 Å². The van der Waals surface area contributed by atoms with Crippen molar-refractivity contribution >= 4 is 34.0 Å². The smallest absolute Gasteiger partial charge is 0.218 e. The quantitative estimate of drug-likeness (QED) is 0.917. The Morgan fingerprint density at radius 1 is 1.32 bits per heavy atom. The van der Waals surface area contributed by atoms with Gasteiger partial charge in [0.15, 0.2) is 0 Å². The highest BCUT2D eigenvalue weighted by molar-refractivity contribution is 7.88. The van der Waals surface area contributed by atoms with Crippen LogP contribution >= 0.6 is 24.0 Å². The van der Waals surface area contributed by atoms with Crippen molar-refractivity contribution < 1.29 is 12.8 Å². The second kappa shape index (κ2) is 6.85. The van der Waals surface area contributed by atoms with Crippen molar-refractivity contribution in [1.29, 1.82) is 0 Å². The van der Waals surface area contributed by atoms with Gasteiger partial charge in [-0.3, -0.25) is 0 Å². The zero-order valence-electron chi connectivity index (χ0n) is 10.1. The molecule has 0 aromatic heterocycles. The molecule has 0 radical (unpaired) electrons. The third kappa shape index (κ3) is 4.29. The van der Waals surface area contributed by atoms with Crippen molar-refractivity contribution in [3.63, 3.8) is 0 Å². The lowest BCUT2D eigenvalue weighted by Crippen LogP contribution is -2.46. The molecule has 1 aliphatic rings. The third-order valence-corrected chi connectivity index (χ3v) is 4.94. The normalized spacial score (nSPS) is 16.9. The van der Waals surface area contributed by atoms with Gasteiger partial charge in [-0.15, -0.1) is 12.4 Å². The molecule has 0 spiro atoms. The van der Waals surface area contributed by atoms with Crippen LogP contribution in [-0.2, 0) is 15.8 Å². The summed E-state index contributed by atoms with van der Waals surface area (Å²) in [6.45, 7) is 2.25. The minimum absolute atomic E-state index is 0. The Morgan fingerprint density at radius 3 is 2.53 bits per heavy atom. The highest BCUT2D eigenvalue weighted by Gasteiger charge is 2.24. The number of benzene rings is 1. The van der Waals surface area contributed by atoms with Gasteiger partial charge in [0.2, 0.25) is 10.0 Å². The van der Waals surface area contributed by atoms with Crippen LogP contribution in [0.2, 0.25) is 5.02 Å². The summed E-state index contributed by atoms with van der Waals surface area (Å²) in [5.74, 6) is -0.688. The van der Waals surface area contributed by atoms with Crippen molar-refractivity contribution in [2.75, 3.05) is 26.2 Å². The Labute approximate surface area is 123 Å². The second-order valence-electron chi connectivity index (χ2n) is 4.15. The molecule has 0 atom stereocenters. The molecule has 0 unspecified atom stereocenters. The summed E-state index contributed by atoms with van der Waals surface area (Å²) in [7, 11) is -3.35. The zero-order chi connectivity index (χ0) is 13.2. The van der Waals surface area contributed by atoms with Gasteiger partial charge in [0.05, 0.1) is 10.8 Å². The maximum absolute atomic E-state index is 13.0. The standard InChI is InChI=1S/C11H14ClFN2O2S.ClH/c12-10-7-9(1-2-11(10)13)8-18(16,17)15-5-3-14-4-6-15;/h1-2,7,14H,3-6,8H2;1H. The van der Waals surface area contributed by atoms with Crippen LogP contribution in [0.3, 0.4) is 0 Å². The average molecular weight is 329 g/mol. The van der Waals surface area contributed by atoms with Crippen molar-refractivity contribution in [3.05, 3.63) is 34.6 Å². The van der Waals surface area contributed by atoms with Crippen LogP contribution in [0.25, 0.3) is 0 Å². The van der Waals surface area contributed by atoms with E-state index in [0.29, 0.717) is 31.7 Å². The SMILES string of the molecule is Cl.O=S(=O)(Cc1ccc(F)c(Cl)c1)N1CCNCC1. The molecule has 0 aliphatic carbocycles. The lowest BCUT2D eigenvalue weighted by Gasteiger charge is -2.26. The maximum atomic E-state index is 13.0. The van der Waals surface area contributed by atoms with Gasteiger partial charge >= 0.3 is 0 Å². The molecule has 1 fully saturated rings. The van der Waals surface area contributed by atoms with Gasteiger partial charge in [0.1, 0.15) is 5.82 Å². The number of halogens is 3. The van der Waals surface area contributed by atoms with E-state index in [1.165, 1.54) is 22.5 Å². The molecule has 0 saturated carbocycles. The fourth-order valence-corrected chi connectivity index (χ4v) is 3.58. The molecule has 1 aromatic carbocycles. The number of nitrogens with zero attached hydrogens (tertiary/aromatic N) is 1. The predicted molar refractivity (Wildman–Crippen MR) is 75.7 cm³/mol. The summed E-state index contributed by atoms with van der Waals surface area (Å²) in [5, 5.41) is 3.04. The van der Waals surface area contributed by atoms with Gasteiger partial charge in [-0.25, -0.2) is 12.8 Å². The van der Waals surface area contributed by atoms with E-state index >= 15 is 0 Å². The Bertz CT molecular complexity index is 533. The van der Waals surface area contributed by atoms with Crippen LogP contribution < -0.4 is 5.32 Å². The first-order valence-corrected chi connectivity index (χ1v) is 7.60. The lowest BCUT2D eigenvalue weighted by atomic mass is 10.2. The van der Waals surface area contributed by atoms with Gasteiger partial charge in [-0.05, 0) is 17.7 Å². The minimum Gasteiger partial charge on any atom is -0.314 e. The molecule has 1 saturated heterocycles. The number of nitrogens with one attached hydrogen (secondary N) is 1. The Balaban J connectivity index is 0.00000180. The van der Waals surface area contributed by atoms with Gasteiger partial charge in [-0.1, -0.05) is 17.7 Å². The summed E-state index contributed by atoms with van der Waals surface area (Å²) in [5.41, 5.74) is 0.500. The van der Waals surface area contributed by atoms with Gasteiger partial charge in [0, 0.05) is 26.2 Å². The monoisotopic (exact) mass is 328 g/mol. The molecule has 1 aliphatic heterocycles. The minimum atomic E-state index is -3.35. The molecule has 19 heavy (non-hydrogen) atoms. The van der Waals surface area contributed by atoms with Crippen LogP contribution in [0.5, 0.6) is 0 Å². The molecular weight excluding hydrogens is 314 g/mol. The number of piperazine rings is 1. The fraction of sp³-hybridized carbons (Fsp3) is 0.455. The molecule has 8 heteroatoms. The first-order chi connectivity index (χ1) is 8.49. The molecule has 1 heterocycles. The number of rotatable bonds is 3. The molecule has 108 valence electrons. The summed E-state index contributed by atoms with van der Waals surface area (Å²) in [4.78, 5) is 0. The fourth-order valence-electron chi connectivity index (χ4n) is 1.85. The Hall–Kier alpha value is -0.400. The molecular formula is C11H15Cl2FN2O2S. The summed E-state index contributed by atoms with van der Waals surface area (Å²) < 4.78 is 38.7. The topological polar surface area (TPSA) is 49.4 Å². The van der Waals surface area contributed by atoms with E-state index < -0.39 is 15.8 Å². The highest BCUT2D eigenvalue weighted by Crippen LogP contribution is 2.19. The molecule has 1 N–H and O–H groups in total. The van der Waals surface area contributed by atoms with Crippen molar-refractivity contribution in [3.8, 4) is 0 Å². The highest BCUT2D eigenvalue weighted by atomic mass is 35.5. The van der Waals surface area contributed by atoms with Crippen LogP contribution in [0.4, 0.5) is 4.39 Å². The number of sulfonamides is 1. The van der Waals surface area contributed by atoms with Crippen LogP contribution in [0.15, 0.2) is 18.2 Å². The van der Waals surface area contributed by atoms with Gasteiger partial charge < -0.3 is 5.32 Å². The van der Waals surface area contributed by atoms with Crippen molar-refractivity contribution in [1.82, 2.24) is 9.62 Å². The van der Waals surface area contributed by atoms with Gasteiger partial charge in [0.25, 0.3) is 0 Å². The predicted octanol–water partition coefficient (Wildman–Crippen LogP) is 1.64. The van der Waals surface area contributed by atoms with Crippen LogP contribution in [0, 0.1) is 5.82 Å². The van der Waals surface area contributed by atoms with Crippen molar-refractivity contribution in [2.45, 2.75) is 5.75 Å². The van der Waals surface area contributed by atoms with E-state index in [1.54, 1.807) is 0 Å². The number of hydrogen-bond acceptors (Lipinski definition) is 3. The Kier molecular flexibility index (Phi) is 6.01. The molecule has 0 amide bonds. The van der Waals surface area contributed by atoms with E-state index in [-0.39, 0.29) is 23.2 Å². The van der Waals surface area contributed by atoms with E-state index in [0.717, 1.165) is 0 Å². The number of hydrogen-bond donors (Lipinski definition) is 1. The first kappa shape index (κ1) is 16.7. The summed E-state index contributed by atoms with van der Waals surface area (Å²) in [6, 6.07) is 3.99. The second-order valence-corrected chi connectivity index (χ2v) is 6.53. The van der Waals surface area contributed by atoms with Crippen LogP contribution in [0.1, 0.15) is 5.56 Å². The maximum Gasteiger partial charge on any atom is 0.218 e. The lowest BCUT2D eigenvalue weighted by molar-refractivity contribution is 0.360. The third-order valence-electron chi connectivity index (χ3n) is 2.80. The molecule has 1 aromatic rings. The molecule has 2 rings (SSSR count). The average Bonchev–Trinajstić information content (AvgIpc) is 2.35. The largest absolute Gasteiger partial charge is 0.314 e. The summed E-state index contributed by atoms with van der Waals surface area (Å²) in [6.07, 6.45) is 0.